The van der Waals surface area contributed by atoms with Gasteiger partial charge in [0.25, 0.3) is 0 Å². The minimum atomic E-state index is -0.860. The molecule has 6 heteroatoms. The molecule has 0 aliphatic heterocycles. The highest BCUT2D eigenvalue weighted by Crippen LogP contribution is 2.10. The molecule has 6 nitrogen and oxygen atoms in total. The van der Waals surface area contributed by atoms with E-state index in [4.69, 9.17) is 14.2 Å². The van der Waals surface area contributed by atoms with Gasteiger partial charge in [0.2, 0.25) is 0 Å². The van der Waals surface area contributed by atoms with E-state index >= 15 is 0 Å². The van der Waals surface area contributed by atoms with Gasteiger partial charge in [0.05, 0.1) is 0 Å². The smallest absolute Gasteiger partial charge is 0.306 e. The zero-order chi connectivity index (χ0) is 52.9. The van der Waals surface area contributed by atoms with Gasteiger partial charge in [-0.25, -0.2) is 0 Å². The molecule has 404 valence electrons. The number of esters is 3. The van der Waals surface area contributed by atoms with Crippen molar-refractivity contribution in [3.63, 3.8) is 0 Å². The summed E-state index contributed by atoms with van der Waals surface area (Å²) in [7, 11) is 0. The average Bonchev–Trinajstić information content (AvgIpc) is 3.39. The molecule has 73 heavy (non-hydrogen) atoms. The third-order valence-corrected chi connectivity index (χ3v) is 10.9. The maximum atomic E-state index is 12.9. The Morgan fingerprint density at radius 3 is 0.932 bits per heavy atom. The summed E-state index contributed by atoms with van der Waals surface area (Å²) in [5.74, 6) is -1.14. The quantitative estimate of drug-likeness (QED) is 0.0262. The number of allylic oxidation sites excluding steroid dienone is 30. The molecule has 0 spiro atoms. The Kier molecular flexibility index (Phi) is 54.6. The fourth-order valence-corrected chi connectivity index (χ4v) is 6.72. The second-order valence-electron chi connectivity index (χ2n) is 17.7. The molecule has 0 N–H and O–H groups in total. The van der Waals surface area contributed by atoms with Gasteiger partial charge >= 0.3 is 17.9 Å². The second-order valence-corrected chi connectivity index (χ2v) is 17.7. The number of hydrogen-bond donors (Lipinski definition) is 0. The molecule has 0 saturated carbocycles. The first kappa shape index (κ1) is 67.5. The monoisotopic (exact) mass is 1000 g/mol. The molecule has 0 heterocycles. The fourth-order valence-electron chi connectivity index (χ4n) is 6.72. The molecule has 0 unspecified atom stereocenters. The van der Waals surface area contributed by atoms with E-state index in [0.29, 0.717) is 19.3 Å². The molecule has 0 aliphatic carbocycles. The number of hydrogen-bond acceptors (Lipinski definition) is 6. The zero-order valence-corrected chi connectivity index (χ0v) is 46.1. The van der Waals surface area contributed by atoms with Crippen LogP contribution in [0.15, 0.2) is 182 Å². The Balaban J connectivity index is 4.70. The molecule has 0 aromatic heterocycles. The number of carbonyl (C=O) groups excluding carboxylic acids is 3. The molecule has 0 radical (unpaired) electrons. The average molecular weight is 1000 g/mol. The van der Waals surface area contributed by atoms with Crippen LogP contribution in [-0.4, -0.2) is 37.2 Å². The highest BCUT2D eigenvalue weighted by Gasteiger charge is 2.19. The Bertz CT molecular complexity index is 1770. The lowest BCUT2D eigenvalue weighted by Gasteiger charge is -2.18. The van der Waals surface area contributed by atoms with Crippen LogP contribution in [0.3, 0.4) is 0 Å². The summed E-state index contributed by atoms with van der Waals surface area (Å²) in [5, 5.41) is 0. The van der Waals surface area contributed by atoms with Gasteiger partial charge in [-0.05, 0) is 141 Å². The summed E-state index contributed by atoms with van der Waals surface area (Å²) in [5.41, 5.74) is 0. The lowest BCUT2D eigenvalue weighted by Crippen LogP contribution is -2.30. The summed E-state index contributed by atoms with van der Waals surface area (Å²) in [6, 6.07) is 0. The highest BCUT2D eigenvalue weighted by atomic mass is 16.6. The van der Waals surface area contributed by atoms with E-state index in [0.717, 1.165) is 116 Å². The lowest BCUT2D eigenvalue weighted by molar-refractivity contribution is -0.166. The Morgan fingerprint density at radius 1 is 0.288 bits per heavy atom. The first-order chi connectivity index (χ1) is 36.0. The van der Waals surface area contributed by atoms with Gasteiger partial charge in [0.1, 0.15) is 13.2 Å². The standard InChI is InChI=1S/C67H100O6/c1-4-7-10-13-16-19-22-25-28-31-33-36-39-42-45-48-51-54-57-60-66(69)72-63-64(62-71-65(68)59-56-53-50-47-44-41-38-35-30-27-24-21-18-15-12-9-6-3)73-67(70)61-58-55-52-49-46-43-40-37-34-32-29-26-23-20-17-14-11-8-5-2/h7,9-10,12,16-21,25-30,33-34,36-38,41-43,45-47,50-51,54,64H,4-6,8,11,13-15,22-24,31-32,35,39-40,44,48-49,52-53,55-63H2,1-3H3/b10-7+,12-9+,19-16+,20-17+,21-18+,28-25+,29-26+,30-27+,36-33+,37-34+,41-38+,45-42+,46-43+,50-47+,54-51+/t64-/m1/s1. The van der Waals surface area contributed by atoms with Crippen LogP contribution in [0.1, 0.15) is 201 Å². The van der Waals surface area contributed by atoms with Crippen molar-refractivity contribution < 1.29 is 28.6 Å². The number of ether oxygens (including phenoxy) is 3. The van der Waals surface area contributed by atoms with Gasteiger partial charge in [0, 0.05) is 19.3 Å². The largest absolute Gasteiger partial charge is 0.462 e. The van der Waals surface area contributed by atoms with Crippen LogP contribution in [0.25, 0.3) is 0 Å². The molecular formula is C67H100O6. The van der Waals surface area contributed by atoms with Crippen molar-refractivity contribution >= 4 is 17.9 Å². The maximum absolute atomic E-state index is 12.9. The van der Waals surface area contributed by atoms with Crippen LogP contribution in [0.4, 0.5) is 0 Å². The molecule has 0 aliphatic rings. The van der Waals surface area contributed by atoms with Gasteiger partial charge in [-0.2, -0.15) is 0 Å². The molecule has 0 amide bonds. The minimum Gasteiger partial charge on any atom is -0.462 e. The van der Waals surface area contributed by atoms with Crippen LogP contribution >= 0.6 is 0 Å². The van der Waals surface area contributed by atoms with Crippen LogP contribution < -0.4 is 0 Å². The summed E-state index contributed by atoms with van der Waals surface area (Å²) in [6.45, 7) is 6.21. The van der Waals surface area contributed by atoms with Gasteiger partial charge < -0.3 is 14.2 Å². The van der Waals surface area contributed by atoms with Crippen LogP contribution in [0, 0.1) is 0 Å². The topological polar surface area (TPSA) is 78.9 Å². The van der Waals surface area contributed by atoms with Gasteiger partial charge in [0.15, 0.2) is 6.10 Å². The molecular weight excluding hydrogens is 901 g/mol. The van der Waals surface area contributed by atoms with Crippen molar-refractivity contribution in [1.82, 2.24) is 0 Å². The third kappa shape index (κ3) is 57.3. The van der Waals surface area contributed by atoms with E-state index in [9.17, 15) is 14.4 Å². The van der Waals surface area contributed by atoms with E-state index in [1.165, 1.54) is 25.7 Å². The molecule has 0 aromatic carbocycles. The molecule has 1 atom stereocenters. The normalized spacial score (nSPS) is 13.5. The van der Waals surface area contributed by atoms with E-state index in [-0.39, 0.29) is 50.4 Å². The Hall–Kier alpha value is -5.49. The van der Waals surface area contributed by atoms with Crippen molar-refractivity contribution in [2.75, 3.05) is 13.2 Å². The SMILES string of the molecule is CC/C=C/C/C=C/C/C=C/C/C=C/C/C=C/C/C=C/CCC(=O)OC[C@@H](COC(=O)CCC/C=C/C/C=C/C/C=C/C/C=C/C/C=C/CC)OC(=O)CCCCC/C=C/C/C=C/C/C=C/C/C=C/CCCCC. The van der Waals surface area contributed by atoms with Crippen molar-refractivity contribution in [3.8, 4) is 0 Å². The first-order valence-electron chi connectivity index (χ1n) is 28.3. The molecule has 0 aromatic rings. The number of carbonyl (C=O) groups is 3. The van der Waals surface area contributed by atoms with Crippen molar-refractivity contribution in [3.05, 3.63) is 182 Å². The summed E-state index contributed by atoms with van der Waals surface area (Å²) in [6.07, 6.45) is 88.9. The molecule has 0 fully saturated rings. The first-order valence-corrected chi connectivity index (χ1v) is 28.3. The predicted molar refractivity (Wildman–Crippen MR) is 315 cm³/mol. The van der Waals surface area contributed by atoms with Crippen molar-refractivity contribution in [1.29, 1.82) is 0 Å². The van der Waals surface area contributed by atoms with Crippen LogP contribution in [0.5, 0.6) is 0 Å². The minimum absolute atomic E-state index is 0.154. The van der Waals surface area contributed by atoms with Crippen LogP contribution in [-0.2, 0) is 28.6 Å². The van der Waals surface area contributed by atoms with Gasteiger partial charge in [-0.1, -0.05) is 222 Å². The molecule has 0 bridgehead atoms. The highest BCUT2D eigenvalue weighted by molar-refractivity contribution is 5.71. The maximum Gasteiger partial charge on any atom is 0.306 e. The second kappa shape index (κ2) is 59.1. The third-order valence-electron chi connectivity index (χ3n) is 10.9. The van der Waals surface area contributed by atoms with Crippen molar-refractivity contribution in [2.24, 2.45) is 0 Å². The Labute approximate surface area is 446 Å². The van der Waals surface area contributed by atoms with E-state index in [2.05, 4.69) is 191 Å². The lowest BCUT2D eigenvalue weighted by atomic mass is 10.1. The van der Waals surface area contributed by atoms with E-state index in [1.807, 2.05) is 12.2 Å². The van der Waals surface area contributed by atoms with Crippen LogP contribution in [0.2, 0.25) is 0 Å². The summed E-state index contributed by atoms with van der Waals surface area (Å²) < 4.78 is 16.7. The van der Waals surface area contributed by atoms with Gasteiger partial charge in [-0.3, -0.25) is 14.4 Å². The molecule has 0 saturated heterocycles. The predicted octanol–water partition coefficient (Wildman–Crippen LogP) is 19.3. The molecule has 0 rings (SSSR count). The van der Waals surface area contributed by atoms with E-state index in [1.54, 1.807) is 0 Å². The Morgan fingerprint density at radius 2 is 0.575 bits per heavy atom. The summed E-state index contributed by atoms with van der Waals surface area (Å²) >= 11 is 0. The number of rotatable bonds is 48. The summed E-state index contributed by atoms with van der Waals surface area (Å²) in [4.78, 5) is 38.1. The van der Waals surface area contributed by atoms with E-state index < -0.39 is 6.10 Å². The fraction of sp³-hybridized carbons (Fsp3) is 0.507. The van der Waals surface area contributed by atoms with Gasteiger partial charge in [-0.15, -0.1) is 0 Å². The van der Waals surface area contributed by atoms with Crippen molar-refractivity contribution in [2.45, 2.75) is 207 Å². The number of unbranched alkanes of at least 4 members (excludes halogenated alkanes) is 7. The zero-order valence-electron chi connectivity index (χ0n) is 46.1.